The molecule has 1 aromatic carbocycles. The number of hydrogen-bond donors (Lipinski definition) is 2. The summed E-state index contributed by atoms with van der Waals surface area (Å²) >= 11 is 0. The monoisotopic (exact) mass is 282 g/mol. The Morgan fingerprint density at radius 2 is 1.90 bits per heavy atom. The maximum Gasteiger partial charge on any atom is 0.315 e. The molecule has 0 aliphatic carbocycles. The maximum atomic E-state index is 12.3. The van der Waals surface area contributed by atoms with Crippen LogP contribution < -0.4 is 0 Å². The zero-order valence-corrected chi connectivity index (χ0v) is 11.7. The van der Waals surface area contributed by atoms with Gasteiger partial charge in [0.05, 0.1) is 11.0 Å². The average Bonchev–Trinajstić information content (AvgIpc) is 2.41. The summed E-state index contributed by atoms with van der Waals surface area (Å²) in [5.74, 6) is -1.84. The first kappa shape index (κ1) is 15.9. The number of hydrogen-bond acceptors (Lipinski definition) is 6. The molecule has 0 saturated heterocycles. The topological polar surface area (TPSA) is 104 Å². The van der Waals surface area contributed by atoms with Gasteiger partial charge in [-0.2, -0.15) is 0 Å². The van der Waals surface area contributed by atoms with Gasteiger partial charge in [-0.1, -0.05) is 13.8 Å². The fourth-order valence-electron chi connectivity index (χ4n) is 2.06. The van der Waals surface area contributed by atoms with Crippen LogP contribution >= 0.6 is 0 Å². The van der Waals surface area contributed by atoms with E-state index in [0.29, 0.717) is 13.1 Å². The van der Waals surface area contributed by atoms with Crippen LogP contribution in [0, 0.1) is 10.1 Å². The molecule has 7 nitrogen and oxygen atoms in total. The number of likely N-dealkylation sites (N-methyl/N-ethyl adjacent to an activating group) is 1. The fraction of sp³-hybridized carbons (Fsp3) is 0.462. The zero-order valence-electron chi connectivity index (χ0n) is 11.7. The van der Waals surface area contributed by atoms with Crippen LogP contribution in [0.3, 0.4) is 0 Å². The number of ketones is 1. The van der Waals surface area contributed by atoms with E-state index >= 15 is 0 Å². The minimum Gasteiger partial charge on any atom is -0.504 e. The summed E-state index contributed by atoms with van der Waals surface area (Å²) in [6.45, 7) is 6.84. The van der Waals surface area contributed by atoms with Gasteiger partial charge in [0.25, 0.3) is 0 Å². The van der Waals surface area contributed by atoms with Gasteiger partial charge >= 0.3 is 5.69 Å². The molecule has 1 unspecified atom stereocenters. The van der Waals surface area contributed by atoms with E-state index in [4.69, 9.17) is 0 Å². The second kappa shape index (κ2) is 6.33. The van der Waals surface area contributed by atoms with Crippen molar-refractivity contribution in [2.45, 2.75) is 26.8 Å². The van der Waals surface area contributed by atoms with Crippen molar-refractivity contribution in [2.75, 3.05) is 13.1 Å². The molecule has 0 spiro atoms. The molecule has 0 heterocycles. The molecule has 0 aliphatic rings. The lowest BCUT2D eigenvalue weighted by Crippen LogP contribution is -2.38. The Labute approximate surface area is 116 Å². The van der Waals surface area contributed by atoms with E-state index in [0.717, 1.165) is 12.1 Å². The predicted molar refractivity (Wildman–Crippen MR) is 73.1 cm³/mol. The molecule has 20 heavy (non-hydrogen) atoms. The first-order valence-corrected chi connectivity index (χ1v) is 6.32. The third-order valence-corrected chi connectivity index (χ3v) is 3.29. The van der Waals surface area contributed by atoms with Crippen LogP contribution in [-0.4, -0.2) is 45.0 Å². The molecule has 0 amide bonds. The largest absolute Gasteiger partial charge is 0.504 e. The number of carbonyl (C=O) groups is 1. The molecular formula is C13H18N2O5. The Morgan fingerprint density at radius 1 is 1.35 bits per heavy atom. The van der Waals surface area contributed by atoms with Gasteiger partial charge in [-0.3, -0.25) is 19.8 Å². The third-order valence-electron chi connectivity index (χ3n) is 3.29. The Morgan fingerprint density at radius 3 is 2.35 bits per heavy atom. The highest BCUT2D eigenvalue weighted by Crippen LogP contribution is 2.36. The summed E-state index contributed by atoms with van der Waals surface area (Å²) in [6, 6.07) is 1.57. The van der Waals surface area contributed by atoms with Crippen molar-refractivity contribution < 1.29 is 19.9 Å². The van der Waals surface area contributed by atoms with Crippen molar-refractivity contribution in [2.24, 2.45) is 0 Å². The summed E-state index contributed by atoms with van der Waals surface area (Å²) in [4.78, 5) is 24.1. The Hall–Kier alpha value is -2.15. The number of phenolic OH excluding ortho intramolecular Hbond substituents is 2. The summed E-state index contributed by atoms with van der Waals surface area (Å²) < 4.78 is 0. The van der Waals surface area contributed by atoms with Gasteiger partial charge in [-0.05, 0) is 26.1 Å². The van der Waals surface area contributed by atoms with Crippen LogP contribution in [0.2, 0.25) is 0 Å². The van der Waals surface area contributed by atoms with E-state index in [1.165, 1.54) is 0 Å². The number of phenols is 2. The molecule has 0 saturated carbocycles. The molecule has 0 aromatic heterocycles. The quantitative estimate of drug-likeness (QED) is 0.357. The molecule has 1 atom stereocenters. The number of aromatic hydroxyl groups is 2. The smallest absolute Gasteiger partial charge is 0.315 e. The van der Waals surface area contributed by atoms with Gasteiger partial charge in [0, 0.05) is 11.6 Å². The number of rotatable bonds is 6. The summed E-state index contributed by atoms with van der Waals surface area (Å²) in [5.41, 5.74) is -0.675. The van der Waals surface area contributed by atoms with Gasteiger partial charge in [-0.15, -0.1) is 0 Å². The number of nitrogens with zero attached hydrogens (tertiary/aromatic N) is 2. The molecule has 0 bridgehead atoms. The van der Waals surface area contributed by atoms with Crippen LogP contribution in [-0.2, 0) is 0 Å². The number of benzene rings is 1. The zero-order chi connectivity index (χ0) is 15.4. The lowest BCUT2D eigenvalue weighted by molar-refractivity contribution is -0.386. The fourth-order valence-corrected chi connectivity index (χ4v) is 2.06. The van der Waals surface area contributed by atoms with E-state index in [-0.39, 0.29) is 11.3 Å². The van der Waals surface area contributed by atoms with Crippen LogP contribution in [0.15, 0.2) is 12.1 Å². The van der Waals surface area contributed by atoms with E-state index < -0.39 is 28.2 Å². The minimum absolute atomic E-state index is 0.00593. The lowest BCUT2D eigenvalue weighted by Gasteiger charge is -2.25. The third kappa shape index (κ3) is 3.05. The van der Waals surface area contributed by atoms with Crippen molar-refractivity contribution in [3.8, 4) is 11.5 Å². The number of nitro groups is 1. The molecule has 1 aromatic rings. The first-order valence-electron chi connectivity index (χ1n) is 6.32. The Balaban J connectivity index is 3.20. The van der Waals surface area contributed by atoms with Crippen molar-refractivity contribution in [3.63, 3.8) is 0 Å². The van der Waals surface area contributed by atoms with Gasteiger partial charge < -0.3 is 10.2 Å². The first-order chi connectivity index (χ1) is 9.33. The van der Waals surface area contributed by atoms with E-state index in [9.17, 15) is 25.1 Å². The Kier molecular flexibility index (Phi) is 5.04. The Bertz CT molecular complexity index is 526. The average molecular weight is 282 g/mol. The van der Waals surface area contributed by atoms with Crippen molar-refractivity contribution in [1.82, 2.24) is 4.90 Å². The van der Waals surface area contributed by atoms with Gasteiger partial charge in [-0.25, -0.2) is 0 Å². The van der Waals surface area contributed by atoms with Crippen molar-refractivity contribution in [3.05, 3.63) is 27.8 Å². The molecule has 0 fully saturated rings. The van der Waals surface area contributed by atoms with Crippen LogP contribution in [0.1, 0.15) is 31.1 Å². The van der Waals surface area contributed by atoms with Gasteiger partial charge in [0.1, 0.15) is 0 Å². The molecular weight excluding hydrogens is 264 g/mol. The molecule has 0 aliphatic heterocycles. The summed E-state index contributed by atoms with van der Waals surface area (Å²) in [5, 5.41) is 29.7. The molecule has 110 valence electrons. The van der Waals surface area contributed by atoms with Crippen molar-refractivity contribution in [1.29, 1.82) is 0 Å². The van der Waals surface area contributed by atoms with E-state index in [1.807, 2.05) is 18.7 Å². The normalized spacial score (nSPS) is 12.4. The second-order valence-corrected chi connectivity index (χ2v) is 4.38. The molecule has 1 rings (SSSR count). The summed E-state index contributed by atoms with van der Waals surface area (Å²) in [7, 11) is 0. The number of Topliss-reactive ketones (excluding diaryl/α,β-unsaturated/α-hetero) is 1. The molecule has 0 radical (unpaired) electrons. The number of carbonyl (C=O) groups excluding carboxylic acids is 1. The SMILES string of the molecule is CCN(CC)C(C)C(=O)c1cc(O)c(O)c([N+](=O)[O-])c1. The molecule has 7 heteroatoms. The molecule has 2 N–H and O–H groups in total. The van der Waals surface area contributed by atoms with Crippen LogP contribution in [0.4, 0.5) is 5.69 Å². The highest BCUT2D eigenvalue weighted by Gasteiger charge is 2.25. The number of nitro benzene ring substituents is 1. The second-order valence-electron chi connectivity index (χ2n) is 4.38. The predicted octanol–water partition coefficient (Wildman–Crippen LogP) is 1.92. The summed E-state index contributed by atoms with van der Waals surface area (Å²) in [6.07, 6.45) is 0. The van der Waals surface area contributed by atoms with E-state index in [2.05, 4.69) is 0 Å². The lowest BCUT2D eigenvalue weighted by atomic mass is 10.0. The van der Waals surface area contributed by atoms with Gasteiger partial charge in [0.2, 0.25) is 5.75 Å². The minimum atomic E-state index is -0.839. The maximum absolute atomic E-state index is 12.3. The van der Waals surface area contributed by atoms with Crippen molar-refractivity contribution >= 4 is 11.5 Å². The van der Waals surface area contributed by atoms with Crippen LogP contribution in [0.5, 0.6) is 11.5 Å². The highest BCUT2D eigenvalue weighted by molar-refractivity contribution is 6.01. The standard InChI is InChI=1S/C13H18N2O5/c1-4-14(5-2)8(3)12(17)9-6-10(15(19)20)13(18)11(16)7-9/h6-8,16,18H,4-5H2,1-3H3. The van der Waals surface area contributed by atoms with E-state index in [1.54, 1.807) is 6.92 Å². The van der Waals surface area contributed by atoms with Crippen LogP contribution in [0.25, 0.3) is 0 Å². The van der Waals surface area contributed by atoms with Gasteiger partial charge in [0.15, 0.2) is 11.5 Å². The highest BCUT2D eigenvalue weighted by atomic mass is 16.6.